The van der Waals surface area contributed by atoms with Crippen LogP contribution in [0, 0.1) is 6.92 Å². The molecule has 1 aliphatic rings. The molecule has 132 valence electrons. The van der Waals surface area contributed by atoms with Crippen molar-refractivity contribution < 1.29 is 19.1 Å². The average molecular weight is 343 g/mol. The molecular formula is C18H21N3O4. The monoisotopic (exact) mass is 343 g/mol. The van der Waals surface area contributed by atoms with Crippen LogP contribution in [0.4, 0.5) is 10.5 Å². The normalized spacial score (nSPS) is 15.2. The van der Waals surface area contributed by atoms with Crippen LogP contribution < -0.4 is 15.5 Å². The van der Waals surface area contributed by atoms with E-state index in [4.69, 9.17) is 9.52 Å². The predicted octanol–water partition coefficient (Wildman–Crippen LogP) is 2.10. The summed E-state index contributed by atoms with van der Waals surface area (Å²) in [6, 6.07) is 8.84. The van der Waals surface area contributed by atoms with Crippen molar-refractivity contribution in [2.24, 2.45) is 0 Å². The third-order valence-electron chi connectivity index (χ3n) is 4.24. The number of nitrogens with zero attached hydrogens (tertiary/aromatic N) is 1. The number of nitrogens with one attached hydrogen (secondary N) is 2. The van der Waals surface area contributed by atoms with Gasteiger partial charge in [0.05, 0.1) is 6.04 Å². The molecule has 0 bridgehead atoms. The van der Waals surface area contributed by atoms with Gasteiger partial charge in [-0.05, 0) is 37.6 Å². The molecule has 0 aliphatic carbocycles. The summed E-state index contributed by atoms with van der Waals surface area (Å²) in [6.07, 6.45) is 0. The van der Waals surface area contributed by atoms with Crippen LogP contribution in [-0.2, 0) is 6.61 Å². The fraction of sp³-hybridized carbons (Fsp3) is 0.333. The molecule has 1 atom stereocenters. The molecule has 3 rings (SSSR count). The largest absolute Gasteiger partial charge is 0.453 e. The molecule has 1 aliphatic heterocycles. The highest BCUT2D eigenvalue weighted by Crippen LogP contribution is 2.21. The van der Waals surface area contributed by atoms with Crippen LogP contribution in [0.5, 0.6) is 0 Å². The van der Waals surface area contributed by atoms with Gasteiger partial charge in [0, 0.05) is 24.3 Å². The standard InChI is InChI=1S/C18H21N3O4/c1-11-9-15(10-22)25-16(11)17(23)20-12(2)13-3-5-14(6-4-13)21-8-7-19-18(21)24/h3-6,9,12,22H,7-8,10H2,1-2H3,(H,19,24)(H,20,23). The zero-order valence-corrected chi connectivity index (χ0v) is 14.2. The minimum Gasteiger partial charge on any atom is -0.453 e. The molecule has 3 N–H and O–H groups in total. The summed E-state index contributed by atoms with van der Waals surface area (Å²) < 4.78 is 5.35. The van der Waals surface area contributed by atoms with Crippen LogP contribution in [0.25, 0.3) is 0 Å². The number of carbonyl (C=O) groups excluding carboxylic acids is 2. The fourth-order valence-electron chi connectivity index (χ4n) is 2.86. The van der Waals surface area contributed by atoms with E-state index in [1.54, 1.807) is 17.9 Å². The number of urea groups is 1. The Morgan fingerprint density at radius 3 is 2.68 bits per heavy atom. The number of aryl methyl sites for hydroxylation is 1. The zero-order valence-electron chi connectivity index (χ0n) is 14.2. The van der Waals surface area contributed by atoms with Gasteiger partial charge < -0.3 is 20.2 Å². The molecule has 1 aromatic heterocycles. The van der Waals surface area contributed by atoms with Gasteiger partial charge in [-0.3, -0.25) is 9.69 Å². The van der Waals surface area contributed by atoms with Gasteiger partial charge in [-0.25, -0.2) is 4.79 Å². The lowest BCUT2D eigenvalue weighted by Crippen LogP contribution is -2.28. The number of carbonyl (C=O) groups is 2. The Kier molecular flexibility index (Phi) is 4.76. The molecule has 25 heavy (non-hydrogen) atoms. The second kappa shape index (κ2) is 6.98. The maximum absolute atomic E-state index is 12.3. The molecule has 0 saturated carbocycles. The van der Waals surface area contributed by atoms with Gasteiger partial charge in [-0.1, -0.05) is 12.1 Å². The number of aliphatic hydroxyl groups is 1. The Morgan fingerprint density at radius 1 is 1.40 bits per heavy atom. The van der Waals surface area contributed by atoms with E-state index in [1.807, 2.05) is 31.2 Å². The summed E-state index contributed by atoms with van der Waals surface area (Å²) in [4.78, 5) is 25.7. The first-order valence-corrected chi connectivity index (χ1v) is 8.16. The topological polar surface area (TPSA) is 94.8 Å². The lowest BCUT2D eigenvalue weighted by molar-refractivity contribution is 0.0906. The molecule has 2 heterocycles. The molecule has 1 fully saturated rings. The molecule has 1 aromatic carbocycles. The second-order valence-corrected chi connectivity index (χ2v) is 6.05. The summed E-state index contributed by atoms with van der Waals surface area (Å²) in [5.74, 6) is 0.248. The Morgan fingerprint density at radius 2 is 2.12 bits per heavy atom. The number of anilines is 1. The van der Waals surface area contributed by atoms with Crippen LogP contribution in [0.15, 0.2) is 34.7 Å². The molecule has 7 nitrogen and oxygen atoms in total. The van der Waals surface area contributed by atoms with Crippen LogP contribution in [0.3, 0.4) is 0 Å². The minimum absolute atomic E-state index is 0.0953. The van der Waals surface area contributed by atoms with Crippen molar-refractivity contribution in [2.75, 3.05) is 18.0 Å². The Balaban J connectivity index is 1.68. The third kappa shape index (κ3) is 3.51. The fourth-order valence-corrected chi connectivity index (χ4v) is 2.86. The first-order valence-electron chi connectivity index (χ1n) is 8.16. The first-order chi connectivity index (χ1) is 12.0. The van der Waals surface area contributed by atoms with E-state index in [-0.39, 0.29) is 30.3 Å². The zero-order chi connectivity index (χ0) is 18.0. The predicted molar refractivity (Wildman–Crippen MR) is 92.4 cm³/mol. The van der Waals surface area contributed by atoms with Crippen molar-refractivity contribution in [2.45, 2.75) is 26.5 Å². The minimum atomic E-state index is -0.326. The van der Waals surface area contributed by atoms with Crippen molar-refractivity contribution in [3.8, 4) is 0 Å². The molecule has 7 heteroatoms. The van der Waals surface area contributed by atoms with E-state index in [9.17, 15) is 9.59 Å². The highest BCUT2D eigenvalue weighted by atomic mass is 16.4. The summed E-state index contributed by atoms with van der Waals surface area (Å²) in [6.45, 7) is 4.69. The van der Waals surface area contributed by atoms with E-state index < -0.39 is 0 Å². The maximum atomic E-state index is 12.3. The van der Waals surface area contributed by atoms with Crippen molar-refractivity contribution in [3.05, 3.63) is 53.0 Å². The molecule has 3 amide bonds. The van der Waals surface area contributed by atoms with Gasteiger partial charge in [0.2, 0.25) is 0 Å². The summed E-state index contributed by atoms with van der Waals surface area (Å²) >= 11 is 0. The number of rotatable bonds is 5. The van der Waals surface area contributed by atoms with Crippen LogP contribution in [-0.4, -0.2) is 30.1 Å². The van der Waals surface area contributed by atoms with E-state index in [2.05, 4.69) is 10.6 Å². The van der Waals surface area contributed by atoms with Gasteiger partial charge in [-0.2, -0.15) is 0 Å². The summed E-state index contributed by atoms with van der Waals surface area (Å²) in [5, 5.41) is 14.7. The molecule has 0 spiro atoms. The second-order valence-electron chi connectivity index (χ2n) is 6.05. The lowest BCUT2D eigenvalue weighted by Gasteiger charge is -2.17. The van der Waals surface area contributed by atoms with E-state index in [0.29, 0.717) is 24.4 Å². The number of furan rings is 1. The average Bonchev–Trinajstić information content (AvgIpc) is 3.20. The van der Waals surface area contributed by atoms with E-state index in [0.717, 1.165) is 11.3 Å². The van der Waals surface area contributed by atoms with Crippen molar-refractivity contribution in [3.63, 3.8) is 0 Å². The molecule has 2 aromatic rings. The Bertz CT molecular complexity index is 782. The smallest absolute Gasteiger partial charge is 0.321 e. The van der Waals surface area contributed by atoms with Crippen molar-refractivity contribution in [1.29, 1.82) is 0 Å². The number of amides is 3. The Labute approximate surface area is 145 Å². The third-order valence-corrected chi connectivity index (χ3v) is 4.24. The lowest BCUT2D eigenvalue weighted by atomic mass is 10.1. The van der Waals surface area contributed by atoms with Gasteiger partial charge in [0.1, 0.15) is 12.4 Å². The summed E-state index contributed by atoms with van der Waals surface area (Å²) in [5.41, 5.74) is 2.43. The van der Waals surface area contributed by atoms with Crippen LogP contribution in [0.2, 0.25) is 0 Å². The van der Waals surface area contributed by atoms with Gasteiger partial charge >= 0.3 is 6.03 Å². The molecule has 0 radical (unpaired) electrons. The van der Waals surface area contributed by atoms with Crippen LogP contribution in [0.1, 0.15) is 40.4 Å². The van der Waals surface area contributed by atoms with Gasteiger partial charge in [0.25, 0.3) is 5.91 Å². The number of hydrogen-bond donors (Lipinski definition) is 3. The first kappa shape index (κ1) is 17.0. The van der Waals surface area contributed by atoms with Crippen molar-refractivity contribution >= 4 is 17.6 Å². The van der Waals surface area contributed by atoms with E-state index >= 15 is 0 Å². The number of benzene rings is 1. The maximum Gasteiger partial charge on any atom is 0.321 e. The van der Waals surface area contributed by atoms with Crippen LogP contribution >= 0.6 is 0 Å². The SMILES string of the molecule is Cc1cc(CO)oc1C(=O)NC(C)c1ccc(N2CCNC2=O)cc1. The van der Waals surface area contributed by atoms with Gasteiger partial charge in [0.15, 0.2) is 5.76 Å². The molecule has 1 unspecified atom stereocenters. The van der Waals surface area contributed by atoms with Gasteiger partial charge in [-0.15, -0.1) is 0 Å². The highest BCUT2D eigenvalue weighted by molar-refractivity contribution is 5.94. The number of hydrogen-bond acceptors (Lipinski definition) is 4. The quantitative estimate of drug-likeness (QED) is 0.775. The highest BCUT2D eigenvalue weighted by Gasteiger charge is 2.22. The molecule has 1 saturated heterocycles. The molecular weight excluding hydrogens is 322 g/mol. The number of aliphatic hydroxyl groups excluding tert-OH is 1. The van der Waals surface area contributed by atoms with Crippen molar-refractivity contribution in [1.82, 2.24) is 10.6 Å². The van der Waals surface area contributed by atoms with E-state index in [1.165, 1.54) is 0 Å². The Hall–Kier alpha value is -2.80. The summed E-state index contributed by atoms with van der Waals surface area (Å²) in [7, 11) is 0.